The third-order valence-corrected chi connectivity index (χ3v) is 4.38. The molecule has 0 saturated heterocycles. The highest BCUT2D eigenvalue weighted by atomic mass is 32.2. The van der Waals surface area contributed by atoms with Crippen molar-refractivity contribution in [1.29, 1.82) is 0 Å². The number of aromatic nitrogens is 1. The zero-order valence-electron chi connectivity index (χ0n) is 12.7. The molecular formula is C18H16N2O2S. The summed E-state index contributed by atoms with van der Waals surface area (Å²) in [5.41, 5.74) is 1.52. The maximum absolute atomic E-state index is 12.4. The maximum atomic E-state index is 12.4. The summed E-state index contributed by atoms with van der Waals surface area (Å²) >= 11 is 1.59. The van der Waals surface area contributed by atoms with Crippen molar-refractivity contribution in [1.82, 2.24) is 4.57 Å². The van der Waals surface area contributed by atoms with Crippen molar-refractivity contribution < 1.29 is 4.79 Å². The van der Waals surface area contributed by atoms with Gasteiger partial charge in [-0.25, -0.2) is 0 Å². The van der Waals surface area contributed by atoms with Crippen LogP contribution in [0, 0.1) is 0 Å². The van der Waals surface area contributed by atoms with Gasteiger partial charge >= 0.3 is 0 Å². The van der Waals surface area contributed by atoms with E-state index in [1.165, 1.54) is 6.07 Å². The number of benzene rings is 2. The van der Waals surface area contributed by atoms with Gasteiger partial charge in [-0.1, -0.05) is 24.3 Å². The number of pyridine rings is 1. The standard InChI is InChI=1S/C18H16N2O2S/c1-23-17-9-5-3-7-14(17)19-18(22)12-20-11-10-16(21)13-6-2-4-8-15(13)20/h2-11H,12H2,1H3,(H,19,22). The van der Waals surface area contributed by atoms with Gasteiger partial charge in [0.2, 0.25) is 5.91 Å². The number of thioether (sulfide) groups is 1. The van der Waals surface area contributed by atoms with Crippen LogP contribution in [0.25, 0.3) is 10.9 Å². The first-order valence-corrected chi connectivity index (χ1v) is 8.42. The summed E-state index contributed by atoms with van der Waals surface area (Å²) in [6.07, 6.45) is 3.63. The lowest BCUT2D eigenvalue weighted by Gasteiger charge is -2.12. The summed E-state index contributed by atoms with van der Waals surface area (Å²) in [4.78, 5) is 25.3. The molecule has 23 heavy (non-hydrogen) atoms. The normalized spacial score (nSPS) is 10.7. The molecule has 0 spiro atoms. The van der Waals surface area contributed by atoms with E-state index in [0.29, 0.717) is 5.39 Å². The number of carbonyl (C=O) groups excluding carboxylic acids is 1. The fourth-order valence-corrected chi connectivity index (χ4v) is 3.04. The monoisotopic (exact) mass is 324 g/mol. The molecule has 3 rings (SSSR count). The predicted octanol–water partition coefficient (Wildman–Crippen LogP) is 3.36. The summed E-state index contributed by atoms with van der Waals surface area (Å²) in [5, 5.41) is 3.55. The van der Waals surface area contributed by atoms with E-state index in [1.54, 1.807) is 28.6 Å². The summed E-state index contributed by atoms with van der Waals surface area (Å²) in [6.45, 7) is 0.156. The summed E-state index contributed by atoms with van der Waals surface area (Å²) in [6, 6.07) is 16.5. The van der Waals surface area contributed by atoms with Gasteiger partial charge in [0.25, 0.3) is 0 Å². The molecule has 2 aromatic carbocycles. The van der Waals surface area contributed by atoms with Crippen molar-refractivity contribution in [3.8, 4) is 0 Å². The van der Waals surface area contributed by atoms with Crippen molar-refractivity contribution in [2.75, 3.05) is 11.6 Å². The first kappa shape index (κ1) is 15.4. The molecule has 1 N–H and O–H groups in total. The number of hydrogen-bond donors (Lipinski definition) is 1. The number of carbonyl (C=O) groups is 1. The zero-order chi connectivity index (χ0) is 16.2. The van der Waals surface area contributed by atoms with Crippen LogP contribution in [0.15, 0.2) is 70.5 Å². The van der Waals surface area contributed by atoms with Gasteiger partial charge in [-0.15, -0.1) is 11.8 Å². The van der Waals surface area contributed by atoms with Gasteiger partial charge in [-0.3, -0.25) is 9.59 Å². The van der Waals surface area contributed by atoms with Gasteiger partial charge in [-0.05, 0) is 30.5 Å². The van der Waals surface area contributed by atoms with Crippen LogP contribution in [0.4, 0.5) is 5.69 Å². The van der Waals surface area contributed by atoms with E-state index in [0.717, 1.165) is 16.1 Å². The highest BCUT2D eigenvalue weighted by Crippen LogP contribution is 2.24. The number of fused-ring (bicyclic) bond motifs is 1. The van der Waals surface area contributed by atoms with Gasteiger partial charge in [0.05, 0.1) is 11.2 Å². The number of nitrogens with zero attached hydrogens (tertiary/aromatic N) is 1. The third kappa shape index (κ3) is 3.29. The fourth-order valence-electron chi connectivity index (χ4n) is 2.49. The lowest BCUT2D eigenvalue weighted by molar-refractivity contribution is -0.116. The Morgan fingerprint density at radius 2 is 1.83 bits per heavy atom. The number of nitrogens with one attached hydrogen (secondary N) is 1. The molecule has 116 valence electrons. The molecule has 5 heteroatoms. The minimum absolute atomic E-state index is 0.0370. The van der Waals surface area contributed by atoms with Crippen LogP contribution in [0.5, 0.6) is 0 Å². The Morgan fingerprint density at radius 1 is 1.09 bits per heavy atom. The Labute approximate surface area is 138 Å². The number of anilines is 1. The molecule has 1 aromatic heterocycles. The van der Waals surface area contributed by atoms with Crippen molar-refractivity contribution in [3.05, 3.63) is 71.0 Å². The van der Waals surface area contributed by atoms with E-state index in [4.69, 9.17) is 0 Å². The van der Waals surface area contributed by atoms with E-state index in [9.17, 15) is 9.59 Å². The molecule has 0 bridgehead atoms. The molecule has 0 saturated carbocycles. The van der Waals surface area contributed by atoms with Crippen LogP contribution < -0.4 is 10.7 Å². The molecule has 1 heterocycles. The van der Waals surface area contributed by atoms with E-state index in [2.05, 4.69) is 5.32 Å². The quantitative estimate of drug-likeness (QED) is 0.749. The van der Waals surface area contributed by atoms with Crippen LogP contribution in [0.3, 0.4) is 0 Å². The number of hydrogen-bond acceptors (Lipinski definition) is 3. The van der Waals surface area contributed by atoms with Gasteiger partial charge in [0, 0.05) is 22.5 Å². The lowest BCUT2D eigenvalue weighted by atomic mass is 10.2. The van der Waals surface area contributed by atoms with Crippen LogP contribution in [-0.4, -0.2) is 16.7 Å². The molecule has 0 aliphatic rings. The second-order valence-corrected chi connectivity index (χ2v) is 5.92. The van der Waals surface area contributed by atoms with Crippen molar-refractivity contribution in [3.63, 3.8) is 0 Å². The van der Waals surface area contributed by atoms with Crippen molar-refractivity contribution >= 4 is 34.3 Å². The van der Waals surface area contributed by atoms with Crippen LogP contribution in [0.1, 0.15) is 0 Å². The Bertz CT molecular complexity index is 918. The fraction of sp³-hybridized carbons (Fsp3) is 0.111. The van der Waals surface area contributed by atoms with E-state index in [-0.39, 0.29) is 17.9 Å². The third-order valence-electron chi connectivity index (χ3n) is 3.58. The molecule has 0 aliphatic heterocycles. The average molecular weight is 324 g/mol. The minimum atomic E-state index is -0.125. The molecule has 3 aromatic rings. The van der Waals surface area contributed by atoms with Crippen LogP contribution >= 0.6 is 11.8 Å². The highest BCUT2D eigenvalue weighted by molar-refractivity contribution is 7.98. The number of para-hydroxylation sites is 2. The van der Waals surface area contributed by atoms with Crippen molar-refractivity contribution in [2.45, 2.75) is 11.4 Å². The molecule has 0 aliphatic carbocycles. The first-order valence-electron chi connectivity index (χ1n) is 7.20. The first-order chi connectivity index (χ1) is 11.2. The van der Waals surface area contributed by atoms with Crippen molar-refractivity contribution in [2.24, 2.45) is 0 Å². The number of rotatable bonds is 4. The maximum Gasteiger partial charge on any atom is 0.244 e. The summed E-state index contributed by atoms with van der Waals surface area (Å²) < 4.78 is 1.79. The largest absolute Gasteiger partial charge is 0.338 e. The number of amides is 1. The predicted molar refractivity (Wildman–Crippen MR) is 95.1 cm³/mol. The Kier molecular flexibility index (Phi) is 4.48. The molecule has 4 nitrogen and oxygen atoms in total. The highest BCUT2D eigenvalue weighted by Gasteiger charge is 2.09. The molecule has 0 atom stereocenters. The SMILES string of the molecule is CSc1ccccc1NC(=O)Cn1ccc(=O)c2ccccc21. The average Bonchev–Trinajstić information content (AvgIpc) is 2.58. The topological polar surface area (TPSA) is 51.1 Å². The van der Waals surface area contributed by atoms with Gasteiger partial charge < -0.3 is 9.88 Å². The summed E-state index contributed by atoms with van der Waals surface area (Å²) in [5.74, 6) is -0.125. The summed E-state index contributed by atoms with van der Waals surface area (Å²) in [7, 11) is 0. The zero-order valence-corrected chi connectivity index (χ0v) is 13.5. The Morgan fingerprint density at radius 3 is 2.65 bits per heavy atom. The van der Waals surface area contributed by atoms with Gasteiger partial charge in [-0.2, -0.15) is 0 Å². The van der Waals surface area contributed by atoms with Gasteiger partial charge in [0.1, 0.15) is 6.54 Å². The van der Waals surface area contributed by atoms with Crippen LogP contribution in [0.2, 0.25) is 0 Å². The van der Waals surface area contributed by atoms with E-state index in [1.807, 2.05) is 48.7 Å². The lowest BCUT2D eigenvalue weighted by Crippen LogP contribution is -2.20. The molecule has 0 radical (unpaired) electrons. The molecule has 0 fully saturated rings. The molecule has 0 unspecified atom stereocenters. The Balaban J connectivity index is 1.86. The van der Waals surface area contributed by atoms with Crippen LogP contribution in [-0.2, 0) is 11.3 Å². The smallest absolute Gasteiger partial charge is 0.244 e. The molecule has 1 amide bonds. The van der Waals surface area contributed by atoms with E-state index < -0.39 is 0 Å². The van der Waals surface area contributed by atoms with E-state index >= 15 is 0 Å². The Hall–Kier alpha value is -2.53. The second-order valence-electron chi connectivity index (χ2n) is 5.07. The molecular weight excluding hydrogens is 308 g/mol. The van der Waals surface area contributed by atoms with Gasteiger partial charge in [0.15, 0.2) is 5.43 Å². The minimum Gasteiger partial charge on any atom is -0.338 e. The second kappa shape index (κ2) is 6.71.